The lowest BCUT2D eigenvalue weighted by Gasteiger charge is -2.32. The molecule has 0 saturated carbocycles. The van der Waals surface area contributed by atoms with E-state index in [1.807, 2.05) is 6.07 Å². The van der Waals surface area contributed by atoms with E-state index in [0.717, 1.165) is 50.6 Å². The minimum atomic E-state index is -0.498. The maximum Gasteiger partial charge on any atom is 0.194 e. The minimum Gasteiger partial charge on any atom is -0.449 e. The summed E-state index contributed by atoms with van der Waals surface area (Å²) in [4.78, 5) is 2.30. The van der Waals surface area contributed by atoms with Crippen molar-refractivity contribution in [2.24, 2.45) is 0 Å². The number of ether oxygens (including phenoxy) is 2. The predicted octanol–water partition coefficient (Wildman–Crippen LogP) is 16.4. The van der Waals surface area contributed by atoms with Crippen LogP contribution in [0.5, 0.6) is 23.0 Å². The van der Waals surface area contributed by atoms with E-state index in [4.69, 9.17) is 9.47 Å². The molecule has 3 nitrogen and oxygen atoms in total. The van der Waals surface area contributed by atoms with Crippen molar-refractivity contribution in [1.82, 2.24) is 0 Å². The quantitative estimate of drug-likeness (QED) is 0.167. The van der Waals surface area contributed by atoms with E-state index in [0.29, 0.717) is 17.2 Å². The normalized spacial score (nSPS) is 13.1. The maximum atomic E-state index is 7.42. The van der Waals surface area contributed by atoms with Crippen molar-refractivity contribution in [2.75, 3.05) is 4.90 Å². The lowest BCUT2D eigenvalue weighted by Crippen LogP contribution is -2.25. The Morgan fingerprint density at radius 1 is 0.297 bits per heavy atom. The fraction of sp³-hybridized carbons (Fsp3) is 0.0164. The molecular weight excluding hydrogens is 779 g/mol. The summed E-state index contributed by atoms with van der Waals surface area (Å²) in [6.07, 6.45) is 0. The van der Waals surface area contributed by atoms with Gasteiger partial charge in [0.25, 0.3) is 0 Å². The van der Waals surface area contributed by atoms with Gasteiger partial charge in [-0.3, -0.25) is 0 Å². The first-order chi connectivity index (χ1) is 31.8. The third-order valence-electron chi connectivity index (χ3n) is 13.4. The van der Waals surface area contributed by atoms with Gasteiger partial charge in [-0.1, -0.05) is 194 Å². The molecule has 0 saturated heterocycles. The van der Waals surface area contributed by atoms with Crippen LogP contribution in [0.4, 0.5) is 17.1 Å². The number of fused-ring (bicyclic) bond motifs is 13. The molecule has 300 valence electrons. The molecule has 0 aromatic heterocycles. The fourth-order valence-electron chi connectivity index (χ4n) is 10.7. The summed E-state index contributed by atoms with van der Waals surface area (Å²) in [6, 6.07) is 84.6. The van der Waals surface area contributed by atoms with E-state index in [9.17, 15) is 0 Å². The Hall–Kier alpha value is -8.40. The third kappa shape index (κ3) is 5.34. The van der Waals surface area contributed by atoms with E-state index in [1.54, 1.807) is 0 Å². The van der Waals surface area contributed by atoms with Crippen molar-refractivity contribution >= 4 is 17.1 Å². The predicted molar refractivity (Wildman–Crippen MR) is 260 cm³/mol. The van der Waals surface area contributed by atoms with Crippen LogP contribution in [-0.2, 0) is 5.41 Å². The summed E-state index contributed by atoms with van der Waals surface area (Å²) in [5.41, 5.74) is 19.2. The largest absolute Gasteiger partial charge is 0.449 e. The van der Waals surface area contributed by atoms with E-state index in [-0.39, 0.29) is 0 Å². The lowest BCUT2D eigenvalue weighted by atomic mass is 9.70. The first-order valence-corrected chi connectivity index (χ1v) is 21.9. The van der Waals surface area contributed by atoms with E-state index < -0.39 is 5.41 Å². The average molecular weight is 818 g/mol. The summed E-state index contributed by atoms with van der Waals surface area (Å²) in [5, 5.41) is 0. The van der Waals surface area contributed by atoms with Crippen molar-refractivity contribution in [3.05, 3.63) is 259 Å². The van der Waals surface area contributed by atoms with Gasteiger partial charge < -0.3 is 14.4 Å². The number of para-hydroxylation sites is 1. The van der Waals surface area contributed by atoms with Crippen molar-refractivity contribution in [1.29, 1.82) is 0 Å². The van der Waals surface area contributed by atoms with Crippen LogP contribution in [0.1, 0.15) is 22.3 Å². The molecule has 1 aliphatic heterocycles. The zero-order chi connectivity index (χ0) is 42.2. The van der Waals surface area contributed by atoms with Crippen molar-refractivity contribution in [2.45, 2.75) is 5.41 Å². The second-order valence-electron chi connectivity index (χ2n) is 16.7. The number of anilines is 3. The number of hydrogen-bond donors (Lipinski definition) is 0. The molecule has 0 atom stereocenters. The molecule has 0 bridgehead atoms. The van der Waals surface area contributed by atoms with Crippen molar-refractivity contribution in [3.8, 4) is 78.6 Å². The van der Waals surface area contributed by atoms with Gasteiger partial charge in [0.05, 0.1) is 11.1 Å². The highest BCUT2D eigenvalue weighted by Crippen LogP contribution is 2.67. The van der Waals surface area contributed by atoms with Crippen LogP contribution < -0.4 is 14.4 Å². The lowest BCUT2D eigenvalue weighted by molar-refractivity contribution is 0.361. The van der Waals surface area contributed by atoms with Crippen LogP contribution in [0.2, 0.25) is 0 Å². The van der Waals surface area contributed by atoms with E-state index in [1.165, 1.54) is 50.1 Å². The summed E-state index contributed by atoms with van der Waals surface area (Å²) >= 11 is 0. The third-order valence-corrected chi connectivity index (χ3v) is 13.4. The average Bonchev–Trinajstić information content (AvgIpc) is 3.84. The van der Waals surface area contributed by atoms with Gasteiger partial charge in [-0.25, -0.2) is 0 Å². The van der Waals surface area contributed by atoms with Crippen molar-refractivity contribution < 1.29 is 9.47 Å². The van der Waals surface area contributed by atoms with Crippen LogP contribution in [0, 0.1) is 0 Å². The number of hydrogen-bond acceptors (Lipinski definition) is 3. The minimum absolute atomic E-state index is 0.498. The smallest absolute Gasteiger partial charge is 0.194 e. The highest BCUT2D eigenvalue weighted by molar-refractivity contribution is 5.98. The van der Waals surface area contributed by atoms with Crippen LogP contribution in [0.25, 0.3) is 55.6 Å². The maximum absolute atomic E-state index is 7.42. The van der Waals surface area contributed by atoms with Gasteiger partial charge in [-0.15, -0.1) is 0 Å². The molecule has 3 aliphatic rings. The molecule has 13 rings (SSSR count). The Balaban J connectivity index is 0.983. The Morgan fingerprint density at radius 3 is 1.48 bits per heavy atom. The molecule has 1 spiro atoms. The summed E-state index contributed by atoms with van der Waals surface area (Å²) in [7, 11) is 0. The van der Waals surface area contributed by atoms with Gasteiger partial charge in [-0.2, -0.15) is 0 Å². The van der Waals surface area contributed by atoms with Gasteiger partial charge in [0.15, 0.2) is 23.0 Å². The van der Waals surface area contributed by atoms with E-state index in [2.05, 4.69) is 235 Å². The Kier molecular flexibility index (Phi) is 8.13. The Labute approximate surface area is 372 Å². The molecule has 10 aromatic carbocycles. The highest BCUT2D eigenvalue weighted by atomic mass is 16.6. The summed E-state index contributed by atoms with van der Waals surface area (Å²) in [5.74, 6) is 2.76. The topological polar surface area (TPSA) is 21.7 Å². The van der Waals surface area contributed by atoms with Crippen LogP contribution in [0.15, 0.2) is 237 Å². The van der Waals surface area contributed by atoms with Crippen LogP contribution >= 0.6 is 0 Å². The number of nitrogens with zero attached hydrogens (tertiary/aromatic N) is 1. The van der Waals surface area contributed by atoms with E-state index >= 15 is 0 Å². The molecule has 10 aromatic rings. The molecule has 2 aliphatic carbocycles. The van der Waals surface area contributed by atoms with Gasteiger partial charge in [0, 0.05) is 16.9 Å². The summed E-state index contributed by atoms with van der Waals surface area (Å²) < 4.78 is 14.4. The number of rotatable bonds is 6. The fourth-order valence-corrected chi connectivity index (χ4v) is 10.7. The second kappa shape index (κ2) is 14.3. The first kappa shape index (κ1) is 36.3. The van der Waals surface area contributed by atoms with Crippen LogP contribution in [-0.4, -0.2) is 0 Å². The zero-order valence-corrected chi connectivity index (χ0v) is 34.8. The number of benzene rings is 10. The van der Waals surface area contributed by atoms with Gasteiger partial charge in [-0.05, 0) is 115 Å². The molecule has 64 heavy (non-hydrogen) atoms. The second-order valence-corrected chi connectivity index (χ2v) is 16.7. The Morgan fingerprint density at radius 2 is 0.812 bits per heavy atom. The molecule has 3 heteroatoms. The van der Waals surface area contributed by atoms with Crippen LogP contribution in [0.3, 0.4) is 0 Å². The SMILES string of the molecule is c1ccc(-c2cccc(N(c3ccc(-c4ccccc4-c4ccccc4)cc3)c3cccc4c3Oc3c(ccc5c3-c3ccccc3C53c5ccccc5-c5ccccc53)O4)c2)cc1. The standard InChI is InChI=1S/C61H39NO2/c1-3-17-40(18-4-1)43-21-15-22-45(39-43)62(44-35-33-42(34-36-44)47-24-8-7-23-46(47)41-19-5-2-6-20-41)55-31-16-32-56-59(55)64-60-57(63-56)38-37-54-58(60)50-27-11-14-30-53(50)61(54)51-28-12-9-25-48(51)49-26-10-13-29-52(49)61/h1-39H. The summed E-state index contributed by atoms with van der Waals surface area (Å²) in [6.45, 7) is 0. The molecule has 1 heterocycles. The molecule has 0 unspecified atom stereocenters. The molecule has 0 amide bonds. The highest BCUT2D eigenvalue weighted by Gasteiger charge is 2.53. The first-order valence-electron chi connectivity index (χ1n) is 21.9. The van der Waals surface area contributed by atoms with Gasteiger partial charge in [0.2, 0.25) is 0 Å². The molecule has 0 N–H and O–H groups in total. The molecule has 0 fully saturated rings. The molecule has 0 radical (unpaired) electrons. The monoisotopic (exact) mass is 817 g/mol. The Bertz CT molecular complexity index is 3400. The van der Waals surface area contributed by atoms with Gasteiger partial charge in [0.1, 0.15) is 0 Å². The van der Waals surface area contributed by atoms with Gasteiger partial charge >= 0.3 is 0 Å². The van der Waals surface area contributed by atoms with Crippen molar-refractivity contribution in [3.63, 3.8) is 0 Å². The zero-order valence-electron chi connectivity index (χ0n) is 34.8. The molecular formula is C61H39NO2.